The number of hydrogen-bond donors (Lipinski definition) is 6. The van der Waals surface area contributed by atoms with E-state index in [2.05, 4.69) is 16.0 Å². The first-order valence-electron chi connectivity index (χ1n) is 11.2. The summed E-state index contributed by atoms with van der Waals surface area (Å²) < 4.78 is 0. The zero-order chi connectivity index (χ0) is 25.8. The summed E-state index contributed by atoms with van der Waals surface area (Å²) in [7, 11) is 0. The number of amides is 4. The molecule has 0 saturated carbocycles. The lowest BCUT2D eigenvalue weighted by Gasteiger charge is -2.26. The van der Waals surface area contributed by atoms with Gasteiger partial charge in [-0.25, -0.2) is 0 Å². The van der Waals surface area contributed by atoms with E-state index in [1.807, 2.05) is 19.9 Å². The third-order valence-electron chi connectivity index (χ3n) is 5.52. The SMILES string of the molecule is CCC(C)C(N)C(=O)NC(Cc1ccccc1)C(=O)NC(CCC(N)=O)C(=O)NC(C)C(=O)O. The molecule has 0 heterocycles. The molecule has 11 heteroatoms. The minimum atomic E-state index is -1.26. The van der Waals surface area contributed by atoms with Crippen LogP contribution in [0.2, 0.25) is 0 Å². The van der Waals surface area contributed by atoms with Gasteiger partial charge in [-0.05, 0) is 24.8 Å². The number of carbonyl (C=O) groups excluding carboxylic acids is 4. The molecular formula is C23H35N5O6. The summed E-state index contributed by atoms with van der Waals surface area (Å²) in [6.45, 7) is 4.98. The Bertz CT molecular complexity index is 863. The van der Waals surface area contributed by atoms with Crippen molar-refractivity contribution in [1.82, 2.24) is 16.0 Å². The highest BCUT2D eigenvalue weighted by molar-refractivity contribution is 5.94. The van der Waals surface area contributed by atoms with E-state index >= 15 is 0 Å². The number of nitrogens with two attached hydrogens (primary N) is 2. The summed E-state index contributed by atoms with van der Waals surface area (Å²) in [4.78, 5) is 60.8. The predicted octanol–water partition coefficient (Wildman–Crippen LogP) is -0.573. The fraction of sp³-hybridized carbons (Fsp3) is 0.522. The maximum Gasteiger partial charge on any atom is 0.325 e. The van der Waals surface area contributed by atoms with Gasteiger partial charge in [0.2, 0.25) is 23.6 Å². The van der Waals surface area contributed by atoms with Crippen molar-refractivity contribution in [2.75, 3.05) is 0 Å². The van der Waals surface area contributed by atoms with Gasteiger partial charge in [0, 0.05) is 12.8 Å². The molecule has 1 aromatic carbocycles. The maximum absolute atomic E-state index is 13.1. The quantitative estimate of drug-likeness (QED) is 0.206. The third-order valence-corrected chi connectivity index (χ3v) is 5.52. The van der Waals surface area contributed by atoms with Gasteiger partial charge in [-0.3, -0.25) is 24.0 Å². The number of aliphatic carboxylic acids is 1. The molecular weight excluding hydrogens is 442 g/mol. The second-order valence-electron chi connectivity index (χ2n) is 8.30. The largest absolute Gasteiger partial charge is 0.480 e. The molecule has 0 fully saturated rings. The van der Waals surface area contributed by atoms with Crippen molar-refractivity contribution in [1.29, 1.82) is 0 Å². The fourth-order valence-electron chi connectivity index (χ4n) is 3.04. The highest BCUT2D eigenvalue weighted by Gasteiger charge is 2.30. The Morgan fingerprint density at radius 1 is 0.912 bits per heavy atom. The molecule has 5 unspecified atom stereocenters. The Hall–Kier alpha value is -3.47. The molecule has 4 amide bonds. The van der Waals surface area contributed by atoms with Crippen LogP contribution in [0.15, 0.2) is 30.3 Å². The first-order chi connectivity index (χ1) is 16.0. The van der Waals surface area contributed by atoms with Crippen molar-refractivity contribution in [3.63, 3.8) is 0 Å². The molecule has 1 aromatic rings. The van der Waals surface area contributed by atoms with E-state index in [-0.39, 0.29) is 25.2 Å². The Balaban J connectivity index is 3.09. The molecule has 0 aliphatic rings. The topological polar surface area (TPSA) is 194 Å². The summed E-state index contributed by atoms with van der Waals surface area (Å²) in [6, 6.07) is 4.60. The first kappa shape index (κ1) is 28.6. The predicted molar refractivity (Wildman–Crippen MR) is 125 cm³/mol. The Morgan fingerprint density at radius 3 is 2.00 bits per heavy atom. The van der Waals surface area contributed by atoms with E-state index in [1.54, 1.807) is 24.3 Å². The van der Waals surface area contributed by atoms with E-state index in [9.17, 15) is 24.0 Å². The van der Waals surface area contributed by atoms with E-state index in [0.717, 1.165) is 5.56 Å². The van der Waals surface area contributed by atoms with E-state index in [4.69, 9.17) is 16.6 Å². The van der Waals surface area contributed by atoms with Crippen LogP contribution in [0.1, 0.15) is 45.6 Å². The van der Waals surface area contributed by atoms with Gasteiger partial charge in [0.25, 0.3) is 0 Å². The molecule has 5 atom stereocenters. The molecule has 0 spiro atoms. The summed E-state index contributed by atoms with van der Waals surface area (Å²) in [6.07, 6.45) is 0.439. The van der Waals surface area contributed by atoms with E-state index in [1.165, 1.54) is 6.92 Å². The average Bonchev–Trinajstić information content (AvgIpc) is 2.80. The summed E-state index contributed by atoms with van der Waals surface area (Å²) in [5.41, 5.74) is 11.9. The number of rotatable bonds is 14. The lowest BCUT2D eigenvalue weighted by molar-refractivity contribution is -0.142. The zero-order valence-electron chi connectivity index (χ0n) is 19.7. The van der Waals surface area contributed by atoms with Crippen molar-refractivity contribution in [3.05, 3.63) is 35.9 Å². The molecule has 34 heavy (non-hydrogen) atoms. The summed E-state index contributed by atoms with van der Waals surface area (Å²) in [5, 5.41) is 16.5. The van der Waals surface area contributed by atoms with E-state index < -0.39 is 53.8 Å². The minimum absolute atomic E-state index is 0.118. The first-order valence-corrected chi connectivity index (χ1v) is 11.2. The summed E-state index contributed by atoms with van der Waals surface area (Å²) in [5.74, 6) is -4.05. The average molecular weight is 478 g/mol. The van der Waals surface area contributed by atoms with Crippen LogP contribution < -0.4 is 27.4 Å². The highest BCUT2D eigenvalue weighted by atomic mass is 16.4. The van der Waals surface area contributed by atoms with Gasteiger partial charge in [-0.1, -0.05) is 50.6 Å². The Morgan fingerprint density at radius 2 is 1.47 bits per heavy atom. The van der Waals surface area contributed by atoms with Gasteiger partial charge in [0.1, 0.15) is 18.1 Å². The van der Waals surface area contributed by atoms with Gasteiger partial charge in [-0.15, -0.1) is 0 Å². The molecule has 0 aliphatic carbocycles. The maximum atomic E-state index is 13.1. The number of nitrogens with one attached hydrogen (secondary N) is 3. The molecule has 0 saturated heterocycles. The van der Waals surface area contributed by atoms with Crippen molar-refractivity contribution in [2.45, 2.75) is 70.6 Å². The molecule has 0 aromatic heterocycles. The van der Waals surface area contributed by atoms with Crippen LogP contribution in [0, 0.1) is 5.92 Å². The molecule has 0 bridgehead atoms. The fourth-order valence-corrected chi connectivity index (χ4v) is 3.04. The molecule has 8 N–H and O–H groups in total. The number of carboxylic acids is 1. The number of primary amides is 1. The standard InChI is InChI=1S/C23H35N5O6/c1-4-13(2)19(25)22(32)28-17(12-15-8-6-5-7-9-15)21(31)27-16(10-11-18(24)29)20(30)26-14(3)23(33)34/h5-9,13-14,16-17,19H,4,10-12,25H2,1-3H3,(H2,24,29)(H,26,30)(H,27,31)(H,28,32)(H,33,34). The molecule has 0 radical (unpaired) electrons. The molecule has 188 valence electrons. The van der Waals surface area contributed by atoms with Crippen LogP contribution in [0.4, 0.5) is 0 Å². The second-order valence-corrected chi connectivity index (χ2v) is 8.30. The van der Waals surface area contributed by atoms with Crippen LogP contribution in [0.5, 0.6) is 0 Å². The molecule has 1 rings (SSSR count). The molecule has 0 aliphatic heterocycles. The number of hydrogen-bond acceptors (Lipinski definition) is 6. The Labute approximate surface area is 199 Å². The van der Waals surface area contributed by atoms with Crippen LogP contribution in [0.25, 0.3) is 0 Å². The number of carboxylic acid groups (broad SMARTS) is 1. The Kier molecular flexibility index (Phi) is 11.7. The lowest BCUT2D eigenvalue weighted by Crippen LogP contribution is -2.58. The smallest absolute Gasteiger partial charge is 0.325 e. The van der Waals surface area contributed by atoms with Gasteiger partial charge < -0.3 is 32.5 Å². The number of carbonyl (C=O) groups is 5. The van der Waals surface area contributed by atoms with Gasteiger partial charge in [-0.2, -0.15) is 0 Å². The zero-order valence-corrected chi connectivity index (χ0v) is 19.7. The molecule has 11 nitrogen and oxygen atoms in total. The van der Waals surface area contributed by atoms with Crippen LogP contribution in [-0.2, 0) is 30.4 Å². The van der Waals surface area contributed by atoms with Crippen molar-refractivity contribution in [2.24, 2.45) is 17.4 Å². The second kappa shape index (κ2) is 13.9. The minimum Gasteiger partial charge on any atom is -0.480 e. The van der Waals surface area contributed by atoms with E-state index in [0.29, 0.717) is 6.42 Å². The van der Waals surface area contributed by atoms with Crippen LogP contribution in [-0.4, -0.2) is 58.9 Å². The van der Waals surface area contributed by atoms with Crippen molar-refractivity contribution >= 4 is 29.6 Å². The normalized spacial score (nSPS) is 15.2. The monoisotopic (exact) mass is 477 g/mol. The van der Waals surface area contributed by atoms with Crippen molar-refractivity contribution in [3.8, 4) is 0 Å². The third kappa shape index (κ3) is 9.57. The highest BCUT2D eigenvalue weighted by Crippen LogP contribution is 2.09. The lowest BCUT2D eigenvalue weighted by atomic mass is 9.98. The van der Waals surface area contributed by atoms with Crippen LogP contribution in [0.3, 0.4) is 0 Å². The van der Waals surface area contributed by atoms with Gasteiger partial charge in [0.15, 0.2) is 0 Å². The van der Waals surface area contributed by atoms with Crippen LogP contribution >= 0.6 is 0 Å². The van der Waals surface area contributed by atoms with Crippen molar-refractivity contribution < 1.29 is 29.1 Å². The summed E-state index contributed by atoms with van der Waals surface area (Å²) >= 11 is 0. The number of benzene rings is 1. The van der Waals surface area contributed by atoms with Gasteiger partial charge in [0.05, 0.1) is 6.04 Å². The van der Waals surface area contributed by atoms with Gasteiger partial charge >= 0.3 is 5.97 Å².